The molecule has 0 atom stereocenters. The van der Waals surface area contributed by atoms with E-state index in [1.54, 1.807) is 25.3 Å². The van der Waals surface area contributed by atoms with Crippen molar-refractivity contribution in [2.45, 2.75) is 0 Å². The molecule has 3 N–H and O–H groups in total. The Morgan fingerprint density at radius 2 is 2.10 bits per heavy atom. The van der Waals surface area contributed by atoms with Crippen LogP contribution in [0.5, 0.6) is 0 Å². The third-order valence-electron chi connectivity index (χ3n) is 3.14. The van der Waals surface area contributed by atoms with Crippen LogP contribution in [-0.2, 0) is 4.74 Å². The number of nitrogens with one attached hydrogen (secondary N) is 1. The van der Waals surface area contributed by atoms with Gasteiger partial charge in [0.05, 0.1) is 12.2 Å². The maximum atomic E-state index is 12.4. The highest BCUT2D eigenvalue weighted by molar-refractivity contribution is 6.09. The van der Waals surface area contributed by atoms with Crippen molar-refractivity contribution in [3.63, 3.8) is 0 Å². The minimum absolute atomic E-state index is 0.0886. The monoisotopic (exact) mass is 274 g/mol. The number of ether oxygens (including phenoxy) is 1. The van der Waals surface area contributed by atoms with E-state index in [0.29, 0.717) is 24.5 Å². The van der Waals surface area contributed by atoms with Crippen LogP contribution in [0, 0.1) is 0 Å². The number of nitrogens with zero attached hydrogens (tertiary/aromatic N) is 2. The predicted molar refractivity (Wildman–Crippen MR) is 78.4 cm³/mol. The van der Waals surface area contributed by atoms with Crippen LogP contribution in [0.25, 0.3) is 10.8 Å². The Morgan fingerprint density at radius 3 is 2.75 bits per heavy atom. The van der Waals surface area contributed by atoms with Gasteiger partial charge in [-0.15, -0.1) is 0 Å². The molecule has 1 heterocycles. The number of fused-ring (bicyclic) bond motifs is 1. The molecule has 106 valence electrons. The van der Waals surface area contributed by atoms with Crippen molar-refractivity contribution < 1.29 is 9.53 Å². The molecule has 1 amide bonds. The molecule has 0 bridgehead atoms. The Bertz CT molecular complexity index is 615. The zero-order chi connectivity index (χ0) is 14.5. The van der Waals surface area contributed by atoms with Crippen LogP contribution in [0.4, 0.5) is 5.82 Å². The predicted octanol–water partition coefficient (Wildman–Crippen LogP) is 1.24. The fourth-order valence-electron chi connectivity index (χ4n) is 2.01. The van der Waals surface area contributed by atoms with Crippen LogP contribution in [-0.4, -0.2) is 43.1 Å². The molecular weight excluding hydrogens is 256 g/mol. The van der Waals surface area contributed by atoms with E-state index in [-0.39, 0.29) is 5.91 Å². The smallest absolute Gasteiger partial charge is 0.255 e. The lowest BCUT2D eigenvalue weighted by atomic mass is 10.1. The Kier molecular flexibility index (Phi) is 4.49. The fourth-order valence-corrected chi connectivity index (χ4v) is 2.01. The number of hydrazine groups is 1. The second-order valence-electron chi connectivity index (χ2n) is 4.43. The van der Waals surface area contributed by atoms with Crippen molar-refractivity contribution in [3.05, 3.63) is 36.0 Å². The molecular formula is C14H18N4O2. The molecule has 0 radical (unpaired) electrons. The topological polar surface area (TPSA) is 80.5 Å². The largest absolute Gasteiger partial charge is 0.383 e. The highest BCUT2D eigenvalue weighted by Gasteiger charge is 2.16. The van der Waals surface area contributed by atoms with Gasteiger partial charge in [-0.1, -0.05) is 24.3 Å². The highest BCUT2D eigenvalue weighted by atomic mass is 16.5. The average molecular weight is 274 g/mol. The molecule has 0 saturated carbocycles. The molecule has 6 heteroatoms. The second kappa shape index (κ2) is 6.31. The van der Waals surface area contributed by atoms with Crippen molar-refractivity contribution in [2.24, 2.45) is 5.84 Å². The number of hydrogen-bond donors (Lipinski definition) is 2. The van der Waals surface area contributed by atoms with E-state index < -0.39 is 0 Å². The molecule has 2 aromatic rings. The molecule has 1 aromatic carbocycles. The molecule has 1 aromatic heterocycles. The first kappa shape index (κ1) is 14.2. The van der Waals surface area contributed by atoms with E-state index in [0.717, 1.165) is 10.8 Å². The molecule has 0 fully saturated rings. The number of pyridine rings is 1. The minimum atomic E-state index is -0.0886. The molecule has 0 spiro atoms. The number of rotatable bonds is 5. The van der Waals surface area contributed by atoms with Crippen LogP contribution < -0.4 is 11.3 Å². The van der Waals surface area contributed by atoms with Gasteiger partial charge in [-0.25, -0.2) is 10.8 Å². The van der Waals surface area contributed by atoms with Crippen LogP contribution >= 0.6 is 0 Å². The zero-order valence-corrected chi connectivity index (χ0v) is 11.6. The Balaban J connectivity index is 2.42. The SMILES string of the molecule is COCCN(C)C(=O)c1cnc(NN)c2ccccc12. The van der Waals surface area contributed by atoms with E-state index in [9.17, 15) is 4.79 Å². The summed E-state index contributed by atoms with van der Waals surface area (Å²) in [5.74, 6) is 5.91. The van der Waals surface area contributed by atoms with Crippen LogP contribution in [0.1, 0.15) is 10.4 Å². The van der Waals surface area contributed by atoms with E-state index in [4.69, 9.17) is 10.6 Å². The van der Waals surface area contributed by atoms with Gasteiger partial charge >= 0.3 is 0 Å². The van der Waals surface area contributed by atoms with Gasteiger partial charge in [0.1, 0.15) is 5.82 Å². The number of carbonyl (C=O) groups excluding carboxylic acids is 1. The highest BCUT2D eigenvalue weighted by Crippen LogP contribution is 2.24. The lowest BCUT2D eigenvalue weighted by molar-refractivity contribution is 0.0746. The van der Waals surface area contributed by atoms with E-state index in [1.165, 1.54) is 0 Å². The van der Waals surface area contributed by atoms with Gasteiger partial charge in [-0.2, -0.15) is 0 Å². The van der Waals surface area contributed by atoms with Crippen molar-refractivity contribution >= 4 is 22.5 Å². The summed E-state index contributed by atoms with van der Waals surface area (Å²) >= 11 is 0. The number of carbonyl (C=O) groups is 1. The maximum absolute atomic E-state index is 12.4. The fraction of sp³-hybridized carbons (Fsp3) is 0.286. The Labute approximate surface area is 117 Å². The van der Waals surface area contributed by atoms with E-state index >= 15 is 0 Å². The molecule has 0 unspecified atom stereocenters. The number of nitrogen functional groups attached to an aromatic ring is 1. The van der Waals surface area contributed by atoms with Crippen molar-refractivity contribution in [3.8, 4) is 0 Å². The number of aromatic nitrogens is 1. The van der Waals surface area contributed by atoms with Crippen LogP contribution in [0.2, 0.25) is 0 Å². The van der Waals surface area contributed by atoms with Gasteiger partial charge in [0.25, 0.3) is 5.91 Å². The van der Waals surface area contributed by atoms with Crippen molar-refractivity contribution in [1.82, 2.24) is 9.88 Å². The summed E-state index contributed by atoms with van der Waals surface area (Å²) in [4.78, 5) is 18.3. The molecule has 0 aliphatic heterocycles. The Hall–Kier alpha value is -2.18. The molecule has 0 aliphatic carbocycles. The van der Waals surface area contributed by atoms with Gasteiger partial charge in [0.2, 0.25) is 0 Å². The molecule has 20 heavy (non-hydrogen) atoms. The second-order valence-corrected chi connectivity index (χ2v) is 4.43. The zero-order valence-electron chi connectivity index (χ0n) is 11.6. The average Bonchev–Trinajstić information content (AvgIpc) is 2.50. The first-order valence-corrected chi connectivity index (χ1v) is 6.27. The number of likely N-dealkylation sites (N-methyl/N-ethyl adjacent to an activating group) is 1. The number of benzene rings is 1. The molecule has 2 rings (SSSR count). The summed E-state index contributed by atoms with van der Waals surface area (Å²) in [5, 5.41) is 1.64. The van der Waals surface area contributed by atoms with E-state index in [1.807, 2.05) is 24.3 Å². The third-order valence-corrected chi connectivity index (χ3v) is 3.14. The number of nitrogens with two attached hydrogens (primary N) is 1. The number of amides is 1. The van der Waals surface area contributed by atoms with Gasteiger partial charge < -0.3 is 15.1 Å². The lowest BCUT2D eigenvalue weighted by Crippen LogP contribution is -2.30. The van der Waals surface area contributed by atoms with Gasteiger partial charge in [0.15, 0.2) is 0 Å². The first-order valence-electron chi connectivity index (χ1n) is 6.27. The van der Waals surface area contributed by atoms with Crippen molar-refractivity contribution in [2.75, 3.05) is 32.7 Å². The molecule has 0 aliphatic rings. The third kappa shape index (κ3) is 2.71. The van der Waals surface area contributed by atoms with E-state index in [2.05, 4.69) is 10.4 Å². The van der Waals surface area contributed by atoms with Gasteiger partial charge in [-0.05, 0) is 5.39 Å². The van der Waals surface area contributed by atoms with Crippen LogP contribution in [0.3, 0.4) is 0 Å². The summed E-state index contributed by atoms with van der Waals surface area (Å²) in [6, 6.07) is 7.53. The quantitative estimate of drug-likeness (QED) is 0.633. The minimum Gasteiger partial charge on any atom is -0.383 e. The number of methoxy groups -OCH3 is 1. The summed E-state index contributed by atoms with van der Waals surface area (Å²) in [6.45, 7) is 1.02. The summed E-state index contributed by atoms with van der Waals surface area (Å²) in [7, 11) is 3.35. The Morgan fingerprint density at radius 1 is 1.40 bits per heavy atom. The van der Waals surface area contributed by atoms with Gasteiger partial charge in [0, 0.05) is 32.3 Å². The van der Waals surface area contributed by atoms with Gasteiger partial charge in [-0.3, -0.25) is 4.79 Å². The number of hydrogen-bond acceptors (Lipinski definition) is 5. The maximum Gasteiger partial charge on any atom is 0.255 e. The standard InChI is InChI=1S/C14H18N4O2/c1-18(7-8-20-2)14(19)12-9-16-13(17-15)11-6-4-3-5-10(11)12/h3-6,9H,7-8,15H2,1-2H3,(H,16,17). The normalized spacial score (nSPS) is 10.6. The summed E-state index contributed by atoms with van der Waals surface area (Å²) < 4.78 is 4.99. The lowest BCUT2D eigenvalue weighted by Gasteiger charge is -2.18. The summed E-state index contributed by atoms with van der Waals surface area (Å²) in [5.41, 5.74) is 3.10. The number of anilines is 1. The summed E-state index contributed by atoms with van der Waals surface area (Å²) in [6.07, 6.45) is 1.54. The first-order chi connectivity index (χ1) is 9.69. The molecule has 0 saturated heterocycles. The van der Waals surface area contributed by atoms with Crippen LogP contribution in [0.15, 0.2) is 30.5 Å². The molecule has 6 nitrogen and oxygen atoms in total. The van der Waals surface area contributed by atoms with Crippen molar-refractivity contribution in [1.29, 1.82) is 0 Å².